The maximum atomic E-state index is 12.7. The third-order valence-electron chi connectivity index (χ3n) is 3.41. The number of alkyl halides is 2. The molecule has 1 N–H and O–H groups in total. The topological polar surface area (TPSA) is 92.3 Å². The zero-order chi connectivity index (χ0) is 20.3. The van der Waals surface area contributed by atoms with Crippen LogP contribution in [0.25, 0.3) is 11.0 Å². The predicted octanol–water partition coefficient (Wildman–Crippen LogP) is 2.88. The molecular weight excluding hydrogens is 368 g/mol. The first kappa shape index (κ1) is 15.6. The molecule has 2 aromatic heterocycles. The zero-order valence-electron chi connectivity index (χ0n) is 15.4. The van der Waals surface area contributed by atoms with Crippen molar-refractivity contribution in [3.05, 3.63) is 36.2 Å². The van der Waals surface area contributed by atoms with Gasteiger partial charge in [-0.15, -0.1) is 0 Å². The molecule has 0 radical (unpaired) electrons. The Morgan fingerprint density at radius 2 is 2.19 bits per heavy atom. The number of halogens is 2. The van der Waals surface area contributed by atoms with E-state index in [0.717, 1.165) is 0 Å². The number of rotatable bonds is 7. The molecule has 0 bridgehead atoms. The van der Waals surface area contributed by atoms with E-state index in [2.05, 4.69) is 19.7 Å². The third kappa shape index (κ3) is 3.81. The summed E-state index contributed by atoms with van der Waals surface area (Å²) in [5, 5.41) is 0.123. The SMILES string of the molecule is [2H]C([2H])Oc1ccnc(C[S+]([O-])c2nc3cc(OC(F)F)ccc3[nH]2)c1OC. The van der Waals surface area contributed by atoms with Crippen LogP contribution in [-0.4, -0.2) is 40.3 Å². The number of aromatic amines is 1. The fraction of sp³-hybridized carbons (Fsp3) is 0.250. The van der Waals surface area contributed by atoms with Gasteiger partial charge >= 0.3 is 11.8 Å². The largest absolute Gasteiger partial charge is 0.609 e. The van der Waals surface area contributed by atoms with Gasteiger partial charge in [0.05, 0.1) is 27.9 Å². The molecule has 1 aromatic carbocycles. The maximum absolute atomic E-state index is 12.7. The number of fused-ring (bicyclic) bond motifs is 1. The lowest BCUT2D eigenvalue weighted by atomic mass is 10.3. The fourth-order valence-corrected chi connectivity index (χ4v) is 3.34. The highest BCUT2D eigenvalue weighted by molar-refractivity contribution is 7.90. The molecule has 3 rings (SSSR count). The van der Waals surface area contributed by atoms with Gasteiger partial charge in [-0.2, -0.15) is 13.8 Å². The number of hydrogen-bond donors (Lipinski definition) is 1. The minimum absolute atomic E-state index is 0.0557. The van der Waals surface area contributed by atoms with E-state index in [9.17, 15) is 13.3 Å². The number of nitrogens with one attached hydrogen (secondary N) is 1. The Morgan fingerprint density at radius 3 is 2.92 bits per heavy atom. The number of imidazole rings is 1. The number of pyridine rings is 1. The van der Waals surface area contributed by atoms with Crippen molar-refractivity contribution in [3.63, 3.8) is 0 Å². The molecule has 7 nitrogen and oxygen atoms in total. The molecule has 0 spiro atoms. The molecule has 0 amide bonds. The first-order valence-corrected chi connectivity index (χ1v) is 8.55. The normalized spacial score (nSPS) is 13.6. The number of benzene rings is 1. The standard InChI is InChI=1S/C16H15F2N3O4S/c1-23-13-5-6-19-12(14(13)24-2)8-26(22)16-20-10-4-3-9(25-15(17)18)7-11(10)21-16/h3-7,15H,8H2,1-2H3,(H,20,21)/i1D2. The Labute approximate surface area is 153 Å². The maximum Gasteiger partial charge on any atom is 0.387 e. The van der Waals surface area contributed by atoms with Crippen molar-refractivity contribution >= 4 is 22.2 Å². The second-order valence-electron chi connectivity index (χ2n) is 5.00. The van der Waals surface area contributed by atoms with Crippen LogP contribution >= 0.6 is 0 Å². The molecule has 10 heteroatoms. The van der Waals surface area contributed by atoms with E-state index in [1.165, 1.54) is 37.6 Å². The van der Waals surface area contributed by atoms with E-state index in [1.807, 2.05) is 0 Å². The first-order chi connectivity index (χ1) is 13.4. The van der Waals surface area contributed by atoms with Crippen molar-refractivity contribution in [2.45, 2.75) is 17.5 Å². The quantitative estimate of drug-likeness (QED) is 0.629. The molecule has 0 aliphatic heterocycles. The number of H-pyrrole nitrogens is 1. The van der Waals surface area contributed by atoms with Gasteiger partial charge in [-0.1, -0.05) is 0 Å². The minimum Gasteiger partial charge on any atom is -0.609 e. The predicted molar refractivity (Wildman–Crippen MR) is 90.2 cm³/mol. The lowest BCUT2D eigenvalue weighted by Crippen LogP contribution is -2.10. The van der Waals surface area contributed by atoms with Gasteiger partial charge in [0.25, 0.3) is 0 Å². The van der Waals surface area contributed by atoms with Crippen LogP contribution in [0, 0.1) is 0 Å². The van der Waals surface area contributed by atoms with Gasteiger partial charge in [-0.05, 0) is 12.1 Å². The highest BCUT2D eigenvalue weighted by Crippen LogP contribution is 2.31. The lowest BCUT2D eigenvalue weighted by molar-refractivity contribution is -0.0497. The summed E-state index contributed by atoms with van der Waals surface area (Å²) in [5.41, 5.74) is 1.12. The fourth-order valence-electron chi connectivity index (χ4n) is 2.32. The summed E-state index contributed by atoms with van der Waals surface area (Å²) >= 11 is -1.66. The molecule has 2 heterocycles. The van der Waals surface area contributed by atoms with Crippen molar-refractivity contribution in [2.24, 2.45) is 0 Å². The highest BCUT2D eigenvalue weighted by Gasteiger charge is 2.22. The average molecular weight is 385 g/mol. The van der Waals surface area contributed by atoms with E-state index < -0.39 is 24.8 Å². The second-order valence-corrected chi connectivity index (χ2v) is 6.36. The van der Waals surface area contributed by atoms with Gasteiger partial charge in [0.15, 0.2) is 17.3 Å². The molecule has 26 heavy (non-hydrogen) atoms. The Hall–Kier alpha value is -2.59. The van der Waals surface area contributed by atoms with Gasteiger partial charge < -0.3 is 18.8 Å². The molecule has 1 unspecified atom stereocenters. The summed E-state index contributed by atoms with van der Waals surface area (Å²) < 4.78 is 66.3. The van der Waals surface area contributed by atoms with E-state index in [4.69, 9.17) is 12.2 Å². The zero-order valence-corrected chi connectivity index (χ0v) is 14.3. The number of methoxy groups -OCH3 is 2. The molecule has 1 atom stereocenters. The summed E-state index contributed by atoms with van der Waals surface area (Å²) in [7, 11) is -0.194. The summed E-state index contributed by atoms with van der Waals surface area (Å²) in [4.78, 5) is 11.1. The van der Waals surface area contributed by atoms with Crippen LogP contribution in [0.5, 0.6) is 17.2 Å². The Bertz CT molecular complexity index is 961. The molecular formula is C16H15F2N3O4S. The van der Waals surface area contributed by atoms with E-state index in [1.54, 1.807) is 0 Å². The smallest absolute Gasteiger partial charge is 0.387 e. The number of nitrogens with zero attached hydrogens (tertiary/aromatic N) is 2. The van der Waals surface area contributed by atoms with Crippen molar-refractivity contribution < 1.29 is 30.3 Å². The average Bonchev–Trinajstić information content (AvgIpc) is 3.04. The third-order valence-corrected chi connectivity index (χ3v) is 4.57. The lowest BCUT2D eigenvalue weighted by Gasteiger charge is -2.12. The van der Waals surface area contributed by atoms with Gasteiger partial charge in [0.2, 0.25) is 0 Å². The summed E-state index contributed by atoms with van der Waals surface area (Å²) in [6.45, 7) is -2.95. The van der Waals surface area contributed by atoms with Crippen LogP contribution in [-0.2, 0) is 16.9 Å². The van der Waals surface area contributed by atoms with Crippen LogP contribution in [0.3, 0.4) is 0 Å². The molecule has 0 saturated heterocycles. The van der Waals surface area contributed by atoms with Crippen LogP contribution in [0.15, 0.2) is 35.6 Å². The summed E-state index contributed by atoms with van der Waals surface area (Å²) in [5.74, 6) is 0.170. The number of hydrogen-bond acceptors (Lipinski definition) is 6. The Kier molecular flexibility index (Phi) is 4.66. The van der Waals surface area contributed by atoms with Crippen molar-refractivity contribution in [1.82, 2.24) is 15.0 Å². The highest BCUT2D eigenvalue weighted by atomic mass is 32.2. The summed E-state index contributed by atoms with van der Waals surface area (Å²) in [6.07, 6.45) is 1.39. The van der Waals surface area contributed by atoms with Crippen LogP contribution in [0.1, 0.15) is 8.44 Å². The Morgan fingerprint density at radius 1 is 1.35 bits per heavy atom. The number of aromatic nitrogens is 3. The van der Waals surface area contributed by atoms with Crippen molar-refractivity contribution in [3.8, 4) is 17.2 Å². The van der Waals surface area contributed by atoms with Gasteiger partial charge in [-0.3, -0.25) is 9.97 Å². The first-order valence-electron chi connectivity index (χ1n) is 8.39. The monoisotopic (exact) mass is 385 g/mol. The molecule has 3 aromatic rings. The molecule has 0 aliphatic rings. The molecule has 138 valence electrons. The van der Waals surface area contributed by atoms with Crippen LogP contribution in [0.2, 0.25) is 0 Å². The van der Waals surface area contributed by atoms with Crippen LogP contribution < -0.4 is 14.2 Å². The van der Waals surface area contributed by atoms with E-state index in [0.29, 0.717) is 16.7 Å². The minimum atomic E-state index is -2.95. The molecule has 0 fully saturated rings. The molecule has 0 saturated carbocycles. The summed E-state index contributed by atoms with van der Waals surface area (Å²) in [6, 6.07) is 5.60. The van der Waals surface area contributed by atoms with Gasteiger partial charge in [0, 0.05) is 29.5 Å². The molecule has 0 aliphatic carbocycles. The van der Waals surface area contributed by atoms with Crippen molar-refractivity contribution in [2.75, 3.05) is 14.2 Å². The Balaban J connectivity index is 1.84. The van der Waals surface area contributed by atoms with E-state index in [-0.39, 0.29) is 28.2 Å². The van der Waals surface area contributed by atoms with Crippen LogP contribution in [0.4, 0.5) is 8.78 Å². The number of ether oxygens (including phenoxy) is 3. The van der Waals surface area contributed by atoms with Gasteiger partial charge in [0.1, 0.15) is 11.4 Å². The van der Waals surface area contributed by atoms with Crippen molar-refractivity contribution in [1.29, 1.82) is 0 Å². The van der Waals surface area contributed by atoms with Gasteiger partial charge in [-0.25, -0.2) is 0 Å². The van der Waals surface area contributed by atoms with E-state index >= 15 is 0 Å². The second kappa shape index (κ2) is 7.75.